The van der Waals surface area contributed by atoms with Gasteiger partial charge in [-0.25, -0.2) is 8.42 Å². The third-order valence-electron chi connectivity index (χ3n) is 3.44. The van der Waals surface area contributed by atoms with Gasteiger partial charge < -0.3 is 4.74 Å². The van der Waals surface area contributed by atoms with E-state index in [-0.39, 0.29) is 0 Å². The fraction of sp³-hybridized carbons (Fsp3) is 0.462. The second-order valence-corrected chi connectivity index (χ2v) is 7.57. The van der Waals surface area contributed by atoms with Crippen molar-refractivity contribution in [3.05, 3.63) is 28.7 Å². The molecule has 0 amide bonds. The molecule has 1 aliphatic carbocycles. The molecule has 20 heavy (non-hydrogen) atoms. The van der Waals surface area contributed by atoms with Crippen LogP contribution >= 0.6 is 15.9 Å². The number of esters is 1. The van der Waals surface area contributed by atoms with E-state index >= 15 is 0 Å². The van der Waals surface area contributed by atoms with E-state index in [4.69, 9.17) is 4.74 Å². The number of halogens is 1. The van der Waals surface area contributed by atoms with Crippen LogP contribution in [-0.4, -0.2) is 26.7 Å². The molecule has 1 aromatic carbocycles. The second kappa shape index (κ2) is 6.13. The topological polar surface area (TPSA) is 72.5 Å². The van der Waals surface area contributed by atoms with Gasteiger partial charge in [0.25, 0.3) is 0 Å². The lowest BCUT2D eigenvalue weighted by Gasteiger charge is -2.19. The highest BCUT2D eigenvalue weighted by atomic mass is 79.9. The predicted molar refractivity (Wildman–Crippen MR) is 79.8 cm³/mol. The number of carbonyl (C=O) groups excluding carboxylic acids is 1. The first kappa shape index (κ1) is 15.3. The van der Waals surface area contributed by atoms with Crippen LogP contribution in [0, 0.1) is 5.92 Å². The number of methoxy groups -OCH3 is 1. The summed E-state index contributed by atoms with van der Waals surface area (Å²) in [6, 6.07) is 6.91. The minimum absolute atomic E-state index is 0.452. The summed E-state index contributed by atoms with van der Waals surface area (Å²) in [5.74, 6) is -1.03. The third-order valence-corrected chi connectivity index (χ3v) is 5.81. The van der Waals surface area contributed by atoms with Gasteiger partial charge in [-0.1, -0.05) is 28.4 Å². The lowest BCUT2D eigenvalue weighted by atomic mass is 10.1. The number of hydrogen-bond acceptors (Lipinski definition) is 4. The summed E-state index contributed by atoms with van der Waals surface area (Å²) in [7, 11) is -2.32. The molecule has 5 nitrogen and oxygen atoms in total. The Balaban J connectivity index is 2.19. The van der Waals surface area contributed by atoms with Crippen LogP contribution in [0.15, 0.2) is 28.7 Å². The Labute approximate surface area is 126 Å². The highest BCUT2D eigenvalue weighted by Crippen LogP contribution is 2.33. The number of ether oxygens (including phenoxy) is 1. The van der Waals surface area contributed by atoms with Gasteiger partial charge in [0.2, 0.25) is 10.0 Å². The van der Waals surface area contributed by atoms with Crippen LogP contribution in [-0.2, 0) is 19.6 Å². The van der Waals surface area contributed by atoms with Crippen LogP contribution in [0.3, 0.4) is 0 Å². The second-order valence-electron chi connectivity index (χ2n) is 4.76. The molecule has 7 heteroatoms. The van der Waals surface area contributed by atoms with E-state index in [2.05, 4.69) is 20.7 Å². The normalized spacial score (nSPS) is 22.5. The standard InChI is InChI=1S/C13H16BrNO4S/c1-19-13(16)11-6-3-7-12(11)20(17,18)15-10-5-2-4-9(14)8-10/h2,4-5,8,11-12,15H,3,6-7H2,1H3. The van der Waals surface area contributed by atoms with Crippen molar-refractivity contribution in [2.24, 2.45) is 5.92 Å². The zero-order valence-electron chi connectivity index (χ0n) is 11.0. The van der Waals surface area contributed by atoms with Gasteiger partial charge in [-0.05, 0) is 31.0 Å². The van der Waals surface area contributed by atoms with Crippen molar-refractivity contribution in [1.29, 1.82) is 0 Å². The zero-order valence-corrected chi connectivity index (χ0v) is 13.4. The summed E-state index contributed by atoms with van der Waals surface area (Å²) in [6.45, 7) is 0. The van der Waals surface area contributed by atoms with E-state index in [0.29, 0.717) is 24.9 Å². The van der Waals surface area contributed by atoms with Gasteiger partial charge in [0, 0.05) is 10.2 Å². The summed E-state index contributed by atoms with van der Waals surface area (Å²) in [5, 5.41) is -0.728. The molecule has 1 aromatic rings. The minimum atomic E-state index is -3.61. The minimum Gasteiger partial charge on any atom is -0.469 e. The van der Waals surface area contributed by atoms with Crippen LogP contribution in [0.25, 0.3) is 0 Å². The number of sulfonamides is 1. The molecule has 2 rings (SSSR count). The van der Waals surface area contributed by atoms with E-state index in [0.717, 1.165) is 4.47 Å². The number of carbonyl (C=O) groups is 1. The molecule has 0 spiro atoms. The Morgan fingerprint density at radius 2 is 2.15 bits per heavy atom. The number of benzene rings is 1. The Bertz CT molecular complexity index is 602. The Hall–Kier alpha value is -1.08. The maximum absolute atomic E-state index is 12.4. The SMILES string of the molecule is COC(=O)C1CCCC1S(=O)(=O)Nc1cccc(Br)c1. The van der Waals surface area contributed by atoms with Crippen molar-refractivity contribution < 1.29 is 17.9 Å². The Morgan fingerprint density at radius 1 is 1.40 bits per heavy atom. The molecule has 0 heterocycles. The molecule has 1 saturated carbocycles. The zero-order chi connectivity index (χ0) is 14.8. The molecule has 110 valence electrons. The molecule has 0 saturated heterocycles. The van der Waals surface area contributed by atoms with E-state index in [9.17, 15) is 13.2 Å². The molecule has 0 aliphatic heterocycles. The maximum Gasteiger partial charge on any atom is 0.310 e. The fourth-order valence-corrected chi connectivity index (χ4v) is 4.67. The first-order valence-corrected chi connectivity index (χ1v) is 8.63. The number of hydrogen-bond donors (Lipinski definition) is 1. The lowest BCUT2D eigenvalue weighted by Crippen LogP contribution is -2.35. The van der Waals surface area contributed by atoms with Crippen LogP contribution in [0.4, 0.5) is 5.69 Å². The molecule has 1 fully saturated rings. The Kier molecular flexibility index (Phi) is 4.70. The molecular weight excluding hydrogens is 346 g/mol. The molecule has 0 aromatic heterocycles. The smallest absolute Gasteiger partial charge is 0.310 e. The average Bonchev–Trinajstić information content (AvgIpc) is 2.87. The summed E-state index contributed by atoms with van der Waals surface area (Å²) >= 11 is 3.29. The summed E-state index contributed by atoms with van der Waals surface area (Å²) in [6.07, 6.45) is 1.74. The summed E-state index contributed by atoms with van der Waals surface area (Å²) < 4.78 is 32.8. The largest absolute Gasteiger partial charge is 0.469 e. The fourth-order valence-electron chi connectivity index (χ4n) is 2.51. The number of anilines is 1. The molecule has 0 radical (unpaired) electrons. The van der Waals surface area contributed by atoms with Crippen molar-refractivity contribution >= 4 is 37.6 Å². The summed E-state index contributed by atoms with van der Waals surface area (Å²) in [4.78, 5) is 11.7. The first-order chi connectivity index (χ1) is 9.44. The van der Waals surface area contributed by atoms with Gasteiger partial charge in [-0.15, -0.1) is 0 Å². The highest BCUT2D eigenvalue weighted by Gasteiger charge is 2.42. The van der Waals surface area contributed by atoms with Crippen molar-refractivity contribution in [3.8, 4) is 0 Å². The van der Waals surface area contributed by atoms with Crippen molar-refractivity contribution in [3.63, 3.8) is 0 Å². The van der Waals surface area contributed by atoms with Crippen molar-refractivity contribution in [1.82, 2.24) is 0 Å². The highest BCUT2D eigenvalue weighted by molar-refractivity contribution is 9.10. The van der Waals surface area contributed by atoms with E-state index < -0.39 is 27.2 Å². The monoisotopic (exact) mass is 361 g/mol. The van der Waals surface area contributed by atoms with E-state index in [1.54, 1.807) is 18.2 Å². The quantitative estimate of drug-likeness (QED) is 0.836. The predicted octanol–water partition coefficient (Wildman–Crippen LogP) is 2.53. The van der Waals surface area contributed by atoms with Gasteiger partial charge in [-0.2, -0.15) is 0 Å². The first-order valence-electron chi connectivity index (χ1n) is 6.29. The lowest BCUT2D eigenvalue weighted by molar-refractivity contribution is -0.145. The molecule has 2 unspecified atom stereocenters. The van der Waals surface area contributed by atoms with Gasteiger partial charge in [0.15, 0.2) is 0 Å². The van der Waals surface area contributed by atoms with Gasteiger partial charge in [-0.3, -0.25) is 9.52 Å². The third kappa shape index (κ3) is 3.32. The maximum atomic E-state index is 12.4. The van der Waals surface area contributed by atoms with E-state index in [1.165, 1.54) is 7.11 Å². The van der Waals surface area contributed by atoms with Crippen molar-refractivity contribution in [2.45, 2.75) is 24.5 Å². The molecule has 1 N–H and O–H groups in total. The van der Waals surface area contributed by atoms with Crippen LogP contribution in [0.2, 0.25) is 0 Å². The van der Waals surface area contributed by atoms with Crippen LogP contribution in [0.5, 0.6) is 0 Å². The van der Waals surface area contributed by atoms with Gasteiger partial charge >= 0.3 is 5.97 Å². The number of rotatable bonds is 4. The number of nitrogens with one attached hydrogen (secondary N) is 1. The Morgan fingerprint density at radius 3 is 2.80 bits per heavy atom. The average molecular weight is 362 g/mol. The van der Waals surface area contributed by atoms with Gasteiger partial charge in [0.1, 0.15) is 0 Å². The molecular formula is C13H16BrNO4S. The van der Waals surface area contributed by atoms with Crippen molar-refractivity contribution in [2.75, 3.05) is 11.8 Å². The molecule has 1 aliphatic rings. The van der Waals surface area contributed by atoms with Crippen LogP contribution < -0.4 is 4.72 Å². The molecule has 0 bridgehead atoms. The summed E-state index contributed by atoms with van der Waals surface area (Å²) in [5.41, 5.74) is 0.481. The molecule has 2 atom stereocenters. The van der Waals surface area contributed by atoms with Crippen LogP contribution in [0.1, 0.15) is 19.3 Å². The van der Waals surface area contributed by atoms with E-state index in [1.807, 2.05) is 6.07 Å². The van der Waals surface area contributed by atoms with Gasteiger partial charge in [0.05, 0.1) is 18.3 Å².